The second kappa shape index (κ2) is 5.67. The number of aliphatic hydroxyl groups is 1. The van der Waals surface area contributed by atoms with Crippen LogP contribution in [0.5, 0.6) is 0 Å². The Bertz CT molecular complexity index is 433. The van der Waals surface area contributed by atoms with E-state index >= 15 is 0 Å². The minimum absolute atomic E-state index is 0.0192. The SMILES string of the molecule is Cc1nc(C)c(CNC(=O)N2CCC[C@H]2CO)s1. The molecule has 1 aliphatic heterocycles. The zero-order valence-electron chi connectivity index (χ0n) is 10.8. The van der Waals surface area contributed by atoms with E-state index in [1.54, 1.807) is 16.2 Å². The summed E-state index contributed by atoms with van der Waals surface area (Å²) >= 11 is 1.61. The Morgan fingerprint density at radius 1 is 1.61 bits per heavy atom. The first-order chi connectivity index (χ1) is 8.61. The molecule has 5 nitrogen and oxygen atoms in total. The highest BCUT2D eigenvalue weighted by Crippen LogP contribution is 2.18. The van der Waals surface area contributed by atoms with Crippen molar-refractivity contribution < 1.29 is 9.90 Å². The third-order valence-corrected chi connectivity index (χ3v) is 4.32. The Balaban J connectivity index is 1.90. The van der Waals surface area contributed by atoms with Crippen LogP contribution in [-0.4, -0.2) is 40.2 Å². The maximum Gasteiger partial charge on any atom is 0.318 e. The molecule has 0 spiro atoms. The average molecular weight is 269 g/mol. The minimum atomic E-state index is -0.0861. The van der Waals surface area contributed by atoms with Gasteiger partial charge >= 0.3 is 6.03 Å². The first-order valence-electron chi connectivity index (χ1n) is 6.20. The molecule has 0 saturated carbocycles. The molecule has 0 aliphatic carbocycles. The summed E-state index contributed by atoms with van der Waals surface area (Å²) in [4.78, 5) is 19.1. The van der Waals surface area contributed by atoms with Gasteiger partial charge in [0, 0.05) is 11.4 Å². The number of thiazole rings is 1. The lowest BCUT2D eigenvalue weighted by atomic mass is 10.2. The summed E-state index contributed by atoms with van der Waals surface area (Å²) in [5.74, 6) is 0. The van der Waals surface area contributed by atoms with E-state index in [1.807, 2.05) is 13.8 Å². The normalized spacial score (nSPS) is 19.3. The van der Waals surface area contributed by atoms with Crippen LogP contribution >= 0.6 is 11.3 Å². The fourth-order valence-electron chi connectivity index (χ4n) is 2.29. The Morgan fingerprint density at radius 2 is 2.39 bits per heavy atom. The molecule has 0 radical (unpaired) electrons. The fourth-order valence-corrected chi connectivity index (χ4v) is 3.16. The van der Waals surface area contributed by atoms with Crippen LogP contribution in [0.1, 0.15) is 28.4 Å². The molecule has 2 amide bonds. The number of amides is 2. The number of carbonyl (C=O) groups excluding carboxylic acids is 1. The molecular formula is C12H19N3O2S. The van der Waals surface area contributed by atoms with Crippen LogP contribution in [0.15, 0.2) is 0 Å². The van der Waals surface area contributed by atoms with Crippen molar-refractivity contribution in [2.45, 2.75) is 39.3 Å². The predicted octanol–water partition coefficient (Wildman–Crippen LogP) is 1.43. The second-order valence-corrected chi connectivity index (χ2v) is 5.86. The van der Waals surface area contributed by atoms with Crippen LogP contribution in [0.3, 0.4) is 0 Å². The summed E-state index contributed by atoms with van der Waals surface area (Å²) in [6.07, 6.45) is 1.86. The molecule has 18 heavy (non-hydrogen) atoms. The molecule has 2 N–H and O–H groups in total. The van der Waals surface area contributed by atoms with E-state index < -0.39 is 0 Å². The van der Waals surface area contributed by atoms with Crippen LogP contribution in [0.4, 0.5) is 4.79 Å². The molecule has 1 fully saturated rings. The maximum atomic E-state index is 12.0. The summed E-state index contributed by atoms with van der Waals surface area (Å²) < 4.78 is 0. The molecule has 2 rings (SSSR count). The van der Waals surface area contributed by atoms with Gasteiger partial charge in [0.15, 0.2) is 0 Å². The highest BCUT2D eigenvalue weighted by molar-refractivity contribution is 7.11. The van der Waals surface area contributed by atoms with Crippen LogP contribution < -0.4 is 5.32 Å². The van der Waals surface area contributed by atoms with Gasteiger partial charge in [0.2, 0.25) is 0 Å². The summed E-state index contributed by atoms with van der Waals surface area (Å²) in [5.41, 5.74) is 0.984. The van der Waals surface area contributed by atoms with Crippen molar-refractivity contribution in [2.24, 2.45) is 0 Å². The molecule has 0 unspecified atom stereocenters. The molecule has 1 aliphatic rings. The fraction of sp³-hybridized carbons (Fsp3) is 0.667. The number of nitrogens with zero attached hydrogens (tertiary/aromatic N) is 2. The number of hydrogen-bond acceptors (Lipinski definition) is 4. The van der Waals surface area contributed by atoms with Gasteiger partial charge in [-0.1, -0.05) is 0 Å². The van der Waals surface area contributed by atoms with Gasteiger partial charge in [-0.3, -0.25) is 0 Å². The zero-order chi connectivity index (χ0) is 13.1. The number of aryl methyl sites for hydroxylation is 2. The average Bonchev–Trinajstić information content (AvgIpc) is 2.92. The number of hydrogen-bond donors (Lipinski definition) is 2. The molecule has 1 atom stereocenters. The van der Waals surface area contributed by atoms with Crippen molar-refractivity contribution in [2.75, 3.05) is 13.2 Å². The number of aliphatic hydroxyl groups excluding tert-OH is 1. The van der Waals surface area contributed by atoms with Gasteiger partial charge in [-0.2, -0.15) is 0 Å². The van der Waals surface area contributed by atoms with Gasteiger partial charge < -0.3 is 15.3 Å². The van der Waals surface area contributed by atoms with E-state index in [1.165, 1.54) is 0 Å². The van der Waals surface area contributed by atoms with Gasteiger partial charge in [-0.25, -0.2) is 9.78 Å². The number of carbonyl (C=O) groups is 1. The summed E-state index contributed by atoms with van der Waals surface area (Å²) in [6.45, 7) is 5.22. The minimum Gasteiger partial charge on any atom is -0.394 e. The molecular weight excluding hydrogens is 250 g/mol. The Hall–Kier alpha value is -1.14. The molecule has 1 aromatic heterocycles. The Kier molecular flexibility index (Phi) is 4.19. The number of rotatable bonds is 3. The smallest absolute Gasteiger partial charge is 0.318 e. The largest absolute Gasteiger partial charge is 0.394 e. The van der Waals surface area contributed by atoms with Crippen molar-refractivity contribution >= 4 is 17.4 Å². The van der Waals surface area contributed by atoms with Crippen LogP contribution in [-0.2, 0) is 6.54 Å². The maximum absolute atomic E-state index is 12.0. The molecule has 2 heterocycles. The predicted molar refractivity (Wildman–Crippen MR) is 70.6 cm³/mol. The highest BCUT2D eigenvalue weighted by atomic mass is 32.1. The number of likely N-dealkylation sites (tertiary alicyclic amines) is 1. The lowest BCUT2D eigenvalue weighted by Crippen LogP contribution is -2.43. The summed E-state index contributed by atoms with van der Waals surface area (Å²) in [5, 5.41) is 13.1. The van der Waals surface area contributed by atoms with Gasteiger partial charge in [0.1, 0.15) is 0 Å². The highest BCUT2D eigenvalue weighted by Gasteiger charge is 2.27. The van der Waals surface area contributed by atoms with Gasteiger partial charge in [-0.15, -0.1) is 11.3 Å². The van der Waals surface area contributed by atoms with Crippen molar-refractivity contribution in [1.82, 2.24) is 15.2 Å². The third-order valence-electron chi connectivity index (χ3n) is 3.25. The summed E-state index contributed by atoms with van der Waals surface area (Å²) in [7, 11) is 0. The van der Waals surface area contributed by atoms with Crippen molar-refractivity contribution in [3.05, 3.63) is 15.6 Å². The summed E-state index contributed by atoms with van der Waals surface area (Å²) in [6, 6.07) is -0.105. The van der Waals surface area contributed by atoms with E-state index in [2.05, 4.69) is 10.3 Å². The van der Waals surface area contributed by atoms with Crippen molar-refractivity contribution in [3.63, 3.8) is 0 Å². The first kappa shape index (κ1) is 13.3. The van der Waals surface area contributed by atoms with Crippen molar-refractivity contribution in [1.29, 1.82) is 0 Å². The third kappa shape index (κ3) is 2.81. The molecule has 0 aromatic carbocycles. The number of nitrogens with one attached hydrogen (secondary N) is 1. The molecule has 0 bridgehead atoms. The van der Waals surface area contributed by atoms with Crippen LogP contribution in [0.25, 0.3) is 0 Å². The van der Waals surface area contributed by atoms with Crippen molar-refractivity contribution in [3.8, 4) is 0 Å². The second-order valence-electron chi connectivity index (χ2n) is 4.57. The Labute approximate surface area is 111 Å². The lowest BCUT2D eigenvalue weighted by Gasteiger charge is -2.23. The molecule has 6 heteroatoms. The van der Waals surface area contributed by atoms with Gasteiger partial charge in [0.25, 0.3) is 0 Å². The van der Waals surface area contributed by atoms with E-state index in [-0.39, 0.29) is 18.7 Å². The van der Waals surface area contributed by atoms with Gasteiger partial charge in [-0.05, 0) is 26.7 Å². The molecule has 1 saturated heterocycles. The molecule has 100 valence electrons. The molecule has 1 aromatic rings. The van der Waals surface area contributed by atoms with E-state index in [9.17, 15) is 9.90 Å². The number of aromatic nitrogens is 1. The quantitative estimate of drug-likeness (QED) is 0.872. The topological polar surface area (TPSA) is 65.5 Å². The van der Waals surface area contributed by atoms with Gasteiger partial charge in [0.05, 0.1) is 29.9 Å². The van der Waals surface area contributed by atoms with E-state index in [0.29, 0.717) is 6.54 Å². The first-order valence-corrected chi connectivity index (χ1v) is 7.01. The zero-order valence-corrected chi connectivity index (χ0v) is 11.6. The van der Waals surface area contributed by atoms with E-state index in [0.717, 1.165) is 35.0 Å². The monoisotopic (exact) mass is 269 g/mol. The van der Waals surface area contributed by atoms with E-state index in [4.69, 9.17) is 0 Å². The number of urea groups is 1. The lowest BCUT2D eigenvalue weighted by molar-refractivity contribution is 0.157. The standard InChI is InChI=1S/C12H19N3O2S/c1-8-11(18-9(2)14-8)6-13-12(17)15-5-3-4-10(15)7-16/h10,16H,3-7H2,1-2H3,(H,13,17)/t10-/m0/s1. The van der Waals surface area contributed by atoms with Crippen LogP contribution in [0, 0.1) is 13.8 Å². The van der Waals surface area contributed by atoms with Crippen LogP contribution in [0.2, 0.25) is 0 Å². The Morgan fingerprint density at radius 3 is 3.00 bits per heavy atom.